The normalized spacial score (nSPS) is 11.4. The average Bonchev–Trinajstić information content (AvgIpc) is 2.86. The van der Waals surface area contributed by atoms with Gasteiger partial charge in [-0.3, -0.25) is 0 Å². The van der Waals surface area contributed by atoms with Crippen LogP contribution >= 0.6 is 11.6 Å². The number of halogens is 1. The minimum atomic E-state index is -0.966. The van der Waals surface area contributed by atoms with E-state index in [-0.39, 0.29) is 0 Å². The molecule has 2 N–H and O–H groups in total. The van der Waals surface area contributed by atoms with Gasteiger partial charge in [-0.25, -0.2) is 4.79 Å². The van der Waals surface area contributed by atoms with Gasteiger partial charge in [0.05, 0.1) is 0 Å². The number of aromatic amines is 1. The first-order valence-electron chi connectivity index (χ1n) is 7.30. The molecule has 3 rings (SSSR count). The molecule has 1 aromatic heterocycles. The van der Waals surface area contributed by atoms with Crippen LogP contribution in [0.2, 0.25) is 5.02 Å². The standard InChI is InChI=1S/C19H16ClNO2/c1-12-6-7-13(16(20)10-12)11-18-15-5-3-2-4-14(15)17(21-18)8-9-19(22)23/h2-10,21H,11H2,1H3,(H,22,23). The Bertz CT molecular complexity index is 909. The number of aliphatic carboxylic acids is 1. The van der Waals surface area contributed by atoms with Gasteiger partial charge in [0, 0.05) is 39.7 Å². The number of benzene rings is 2. The van der Waals surface area contributed by atoms with Crippen molar-refractivity contribution in [3.63, 3.8) is 0 Å². The van der Waals surface area contributed by atoms with Crippen LogP contribution in [0.1, 0.15) is 22.5 Å². The summed E-state index contributed by atoms with van der Waals surface area (Å²) in [5.41, 5.74) is 3.98. The van der Waals surface area contributed by atoms with Gasteiger partial charge in [0.15, 0.2) is 0 Å². The molecule has 0 unspecified atom stereocenters. The summed E-state index contributed by atoms with van der Waals surface area (Å²) in [5.74, 6) is -0.966. The molecular formula is C19H16ClNO2. The minimum Gasteiger partial charge on any atom is -0.478 e. The van der Waals surface area contributed by atoms with Crippen LogP contribution in [0.5, 0.6) is 0 Å². The first-order chi connectivity index (χ1) is 11.0. The molecule has 0 fully saturated rings. The molecule has 3 nitrogen and oxygen atoms in total. The number of carboxylic acid groups (broad SMARTS) is 1. The number of rotatable bonds is 4. The van der Waals surface area contributed by atoms with Crippen molar-refractivity contribution in [2.75, 3.05) is 0 Å². The van der Waals surface area contributed by atoms with E-state index in [1.807, 2.05) is 49.4 Å². The van der Waals surface area contributed by atoms with E-state index < -0.39 is 5.97 Å². The van der Waals surface area contributed by atoms with Gasteiger partial charge in [-0.05, 0) is 30.2 Å². The van der Waals surface area contributed by atoms with Gasteiger partial charge >= 0.3 is 5.97 Å². The van der Waals surface area contributed by atoms with E-state index in [0.717, 1.165) is 44.4 Å². The molecule has 3 aromatic rings. The van der Waals surface area contributed by atoms with E-state index in [4.69, 9.17) is 16.7 Å². The quantitative estimate of drug-likeness (QED) is 0.676. The fourth-order valence-electron chi connectivity index (χ4n) is 2.69. The second-order valence-corrected chi connectivity index (χ2v) is 5.91. The van der Waals surface area contributed by atoms with Crippen LogP contribution in [0.3, 0.4) is 0 Å². The maximum Gasteiger partial charge on any atom is 0.328 e. The van der Waals surface area contributed by atoms with Crippen molar-refractivity contribution in [3.05, 3.63) is 76.1 Å². The first kappa shape index (κ1) is 15.4. The van der Waals surface area contributed by atoms with Gasteiger partial charge in [-0.15, -0.1) is 0 Å². The molecule has 0 spiro atoms. The molecule has 0 radical (unpaired) electrons. The van der Waals surface area contributed by atoms with Crippen LogP contribution in [-0.4, -0.2) is 16.1 Å². The molecule has 0 amide bonds. The Balaban J connectivity index is 2.05. The molecule has 116 valence electrons. The van der Waals surface area contributed by atoms with Crippen molar-refractivity contribution in [2.24, 2.45) is 0 Å². The SMILES string of the molecule is Cc1ccc(Cc2[nH]c(C=CC(=O)O)c3ccccc23)c(Cl)c1. The van der Waals surface area contributed by atoms with Gasteiger partial charge in [0.1, 0.15) is 0 Å². The lowest BCUT2D eigenvalue weighted by Crippen LogP contribution is -1.91. The molecule has 23 heavy (non-hydrogen) atoms. The van der Waals surface area contributed by atoms with Gasteiger partial charge in [-0.1, -0.05) is 48.0 Å². The zero-order valence-corrected chi connectivity index (χ0v) is 13.4. The smallest absolute Gasteiger partial charge is 0.328 e. The van der Waals surface area contributed by atoms with Crippen molar-refractivity contribution in [2.45, 2.75) is 13.3 Å². The molecule has 0 aliphatic heterocycles. The summed E-state index contributed by atoms with van der Waals surface area (Å²) in [6.45, 7) is 2.01. The Labute approximate surface area is 139 Å². The fraction of sp³-hybridized carbons (Fsp3) is 0.105. The summed E-state index contributed by atoms with van der Waals surface area (Å²) >= 11 is 6.33. The number of aromatic nitrogens is 1. The molecule has 0 saturated heterocycles. The van der Waals surface area contributed by atoms with Crippen LogP contribution in [-0.2, 0) is 11.2 Å². The zero-order chi connectivity index (χ0) is 16.4. The number of carboxylic acids is 1. The average molecular weight is 326 g/mol. The minimum absolute atomic E-state index is 0.667. The largest absolute Gasteiger partial charge is 0.478 e. The highest BCUT2D eigenvalue weighted by Gasteiger charge is 2.10. The lowest BCUT2D eigenvalue weighted by molar-refractivity contribution is -0.131. The van der Waals surface area contributed by atoms with E-state index in [2.05, 4.69) is 4.98 Å². The van der Waals surface area contributed by atoms with E-state index in [9.17, 15) is 4.79 Å². The van der Waals surface area contributed by atoms with Crippen LogP contribution in [0.15, 0.2) is 48.5 Å². The van der Waals surface area contributed by atoms with Crippen LogP contribution in [0.25, 0.3) is 16.8 Å². The lowest BCUT2D eigenvalue weighted by atomic mass is 10.0. The number of H-pyrrole nitrogens is 1. The predicted molar refractivity (Wildman–Crippen MR) is 94.0 cm³/mol. The molecule has 0 atom stereocenters. The number of carbonyl (C=O) groups is 1. The van der Waals surface area contributed by atoms with Crippen molar-refractivity contribution in [1.29, 1.82) is 0 Å². The van der Waals surface area contributed by atoms with E-state index in [1.165, 1.54) is 0 Å². The third-order valence-electron chi connectivity index (χ3n) is 3.80. The molecule has 4 heteroatoms. The third-order valence-corrected chi connectivity index (χ3v) is 4.15. The Morgan fingerprint density at radius 1 is 1.22 bits per heavy atom. The Morgan fingerprint density at radius 2 is 1.96 bits per heavy atom. The maximum atomic E-state index is 10.8. The summed E-state index contributed by atoms with van der Waals surface area (Å²) in [7, 11) is 0. The van der Waals surface area contributed by atoms with Gasteiger partial charge in [0.25, 0.3) is 0 Å². The van der Waals surface area contributed by atoms with Crippen LogP contribution in [0, 0.1) is 6.92 Å². The van der Waals surface area contributed by atoms with Gasteiger partial charge < -0.3 is 10.1 Å². The van der Waals surface area contributed by atoms with E-state index in [1.54, 1.807) is 6.08 Å². The van der Waals surface area contributed by atoms with Crippen molar-refractivity contribution in [3.8, 4) is 0 Å². The summed E-state index contributed by atoms with van der Waals surface area (Å²) in [6.07, 6.45) is 3.40. The highest BCUT2D eigenvalue weighted by molar-refractivity contribution is 6.31. The maximum absolute atomic E-state index is 10.8. The highest BCUT2D eigenvalue weighted by atomic mass is 35.5. The molecule has 0 aliphatic carbocycles. The van der Waals surface area contributed by atoms with E-state index in [0.29, 0.717) is 6.42 Å². The van der Waals surface area contributed by atoms with Gasteiger partial charge in [-0.2, -0.15) is 0 Å². The van der Waals surface area contributed by atoms with E-state index >= 15 is 0 Å². The third kappa shape index (κ3) is 3.30. The molecule has 0 saturated carbocycles. The second kappa shape index (κ2) is 6.31. The summed E-state index contributed by atoms with van der Waals surface area (Å²) in [5, 5.41) is 11.7. The molecular weight excluding hydrogens is 310 g/mol. The van der Waals surface area contributed by atoms with Crippen molar-refractivity contribution >= 4 is 34.4 Å². The Kier molecular flexibility index (Phi) is 4.22. The van der Waals surface area contributed by atoms with Crippen molar-refractivity contribution < 1.29 is 9.90 Å². The van der Waals surface area contributed by atoms with Crippen LogP contribution < -0.4 is 0 Å². The lowest BCUT2D eigenvalue weighted by Gasteiger charge is -2.05. The summed E-state index contributed by atoms with van der Waals surface area (Å²) in [6, 6.07) is 13.9. The molecule has 0 aliphatic rings. The first-order valence-corrected chi connectivity index (χ1v) is 7.68. The number of fused-ring (bicyclic) bond motifs is 1. The summed E-state index contributed by atoms with van der Waals surface area (Å²) < 4.78 is 0. The Morgan fingerprint density at radius 3 is 2.65 bits per heavy atom. The fourth-order valence-corrected chi connectivity index (χ4v) is 2.99. The van der Waals surface area contributed by atoms with Gasteiger partial charge in [0.2, 0.25) is 0 Å². The van der Waals surface area contributed by atoms with Crippen LogP contribution in [0.4, 0.5) is 0 Å². The molecule has 2 aromatic carbocycles. The number of hydrogen-bond donors (Lipinski definition) is 2. The zero-order valence-electron chi connectivity index (χ0n) is 12.6. The molecule has 0 bridgehead atoms. The predicted octanol–water partition coefficient (Wildman–Crippen LogP) is 4.82. The highest BCUT2D eigenvalue weighted by Crippen LogP contribution is 2.28. The monoisotopic (exact) mass is 325 g/mol. The topological polar surface area (TPSA) is 53.1 Å². The summed E-state index contributed by atoms with van der Waals surface area (Å²) in [4.78, 5) is 14.1. The van der Waals surface area contributed by atoms with Crippen molar-refractivity contribution in [1.82, 2.24) is 4.98 Å². The number of aryl methyl sites for hydroxylation is 1. The second-order valence-electron chi connectivity index (χ2n) is 5.51. The number of hydrogen-bond acceptors (Lipinski definition) is 1. The Hall–Kier alpha value is -2.52. The number of nitrogens with one attached hydrogen (secondary N) is 1. The molecule has 1 heterocycles.